The summed E-state index contributed by atoms with van der Waals surface area (Å²) >= 11 is 0. The fraction of sp³-hybridized carbons (Fsp3) is 0.478. The van der Waals surface area contributed by atoms with E-state index in [4.69, 9.17) is 4.74 Å². The van der Waals surface area contributed by atoms with Crippen LogP contribution in [0.2, 0.25) is 0 Å². The van der Waals surface area contributed by atoms with Crippen LogP contribution in [0.3, 0.4) is 0 Å². The van der Waals surface area contributed by atoms with Crippen molar-refractivity contribution in [2.75, 3.05) is 29.9 Å². The molecule has 3 aromatic heterocycles. The van der Waals surface area contributed by atoms with Crippen LogP contribution in [-0.2, 0) is 4.74 Å². The van der Waals surface area contributed by atoms with Crippen LogP contribution in [0.25, 0.3) is 5.65 Å². The fourth-order valence-electron chi connectivity index (χ4n) is 3.88. The molecule has 0 aromatic carbocycles. The zero-order chi connectivity index (χ0) is 24.6. The Bertz CT molecular complexity index is 1220. The predicted octanol–water partition coefficient (Wildman–Crippen LogP) is 2.83. The van der Waals surface area contributed by atoms with Gasteiger partial charge in [0.05, 0.1) is 11.4 Å². The minimum atomic E-state index is -0.530. The zero-order valence-electron chi connectivity index (χ0n) is 20.4. The second kappa shape index (κ2) is 8.88. The Morgan fingerprint density at radius 2 is 1.85 bits per heavy atom. The minimum Gasteiger partial charge on any atom is -0.444 e. The summed E-state index contributed by atoms with van der Waals surface area (Å²) in [6, 6.07) is 3.47. The average Bonchev–Trinajstić information content (AvgIpc) is 3.13. The van der Waals surface area contributed by atoms with E-state index in [1.807, 2.05) is 47.7 Å². The molecule has 1 N–H and O–H groups in total. The Morgan fingerprint density at radius 1 is 1.09 bits per heavy atom. The summed E-state index contributed by atoms with van der Waals surface area (Å²) in [5.74, 6) is 0.631. The van der Waals surface area contributed by atoms with Crippen molar-refractivity contribution in [2.24, 2.45) is 0 Å². The number of aromatic nitrogens is 5. The lowest BCUT2D eigenvalue weighted by Gasteiger charge is -2.40. The number of carbonyl (C=O) groups excluding carboxylic acids is 2. The maximum atomic E-state index is 12.7. The van der Waals surface area contributed by atoms with Gasteiger partial charge < -0.3 is 24.3 Å². The van der Waals surface area contributed by atoms with Crippen molar-refractivity contribution in [3.05, 3.63) is 41.6 Å². The highest BCUT2D eigenvalue weighted by Gasteiger charge is 2.31. The molecular formula is C23H30N8O3. The van der Waals surface area contributed by atoms with Crippen LogP contribution in [0, 0.1) is 13.8 Å². The number of anilines is 2. The average molecular weight is 467 g/mol. The van der Waals surface area contributed by atoms with Gasteiger partial charge in [-0.1, -0.05) is 0 Å². The Morgan fingerprint density at radius 3 is 2.50 bits per heavy atom. The topological polar surface area (TPSA) is 118 Å². The molecule has 0 unspecified atom stereocenters. The van der Waals surface area contributed by atoms with Crippen molar-refractivity contribution in [3.63, 3.8) is 0 Å². The summed E-state index contributed by atoms with van der Waals surface area (Å²) in [6.07, 6.45) is 3.18. The van der Waals surface area contributed by atoms with E-state index in [1.165, 1.54) is 0 Å². The Hall–Kier alpha value is -3.76. The van der Waals surface area contributed by atoms with Crippen molar-refractivity contribution in [1.29, 1.82) is 0 Å². The second-order valence-corrected chi connectivity index (χ2v) is 9.52. The molecule has 2 amide bonds. The number of hydrogen-bond acceptors (Lipinski definition) is 8. The van der Waals surface area contributed by atoms with Crippen molar-refractivity contribution in [2.45, 2.75) is 53.2 Å². The number of nitrogens with one attached hydrogen (secondary N) is 1. The molecule has 0 aliphatic carbocycles. The van der Waals surface area contributed by atoms with Crippen LogP contribution in [0.15, 0.2) is 24.5 Å². The van der Waals surface area contributed by atoms with Gasteiger partial charge in [-0.2, -0.15) is 0 Å². The molecule has 4 rings (SSSR count). The third kappa shape index (κ3) is 5.08. The smallest absolute Gasteiger partial charge is 0.410 e. The van der Waals surface area contributed by atoms with Gasteiger partial charge in [0.2, 0.25) is 0 Å². The Balaban J connectivity index is 1.39. The molecule has 0 bridgehead atoms. The van der Waals surface area contributed by atoms with E-state index < -0.39 is 5.60 Å². The van der Waals surface area contributed by atoms with E-state index >= 15 is 0 Å². The lowest BCUT2D eigenvalue weighted by atomic mass is 10.2. The Labute approximate surface area is 198 Å². The molecule has 11 heteroatoms. The number of nitrogens with zero attached hydrogens (tertiary/aromatic N) is 7. The quantitative estimate of drug-likeness (QED) is 0.626. The number of piperazine rings is 1. The predicted molar refractivity (Wildman–Crippen MR) is 127 cm³/mol. The summed E-state index contributed by atoms with van der Waals surface area (Å²) < 4.78 is 7.29. The summed E-state index contributed by atoms with van der Waals surface area (Å²) in [4.78, 5) is 37.7. The second-order valence-electron chi connectivity index (χ2n) is 9.52. The van der Waals surface area contributed by atoms with E-state index in [-0.39, 0.29) is 23.7 Å². The van der Waals surface area contributed by atoms with Gasteiger partial charge in [-0.25, -0.2) is 14.8 Å². The van der Waals surface area contributed by atoms with Gasteiger partial charge in [0.25, 0.3) is 5.91 Å². The molecular weight excluding hydrogens is 436 g/mol. The summed E-state index contributed by atoms with van der Waals surface area (Å²) in [6.45, 7) is 13.0. The number of rotatable bonds is 3. The lowest BCUT2D eigenvalue weighted by Crippen LogP contribution is -2.55. The SMILES string of the molecule is Cc1cn2cc(C(=O)Nc3ccc(N4CCN(C(=O)OC(C)(C)C)[C@@H](C)C4)nn3)nc(C)c2n1. The first kappa shape index (κ1) is 23.4. The van der Waals surface area contributed by atoms with Crippen LogP contribution in [0.4, 0.5) is 16.4 Å². The first-order chi connectivity index (χ1) is 16.0. The number of ether oxygens (including phenoxy) is 1. The van der Waals surface area contributed by atoms with Gasteiger partial charge in [-0.15, -0.1) is 10.2 Å². The molecule has 4 heterocycles. The third-order valence-corrected chi connectivity index (χ3v) is 5.43. The van der Waals surface area contributed by atoms with Gasteiger partial charge in [-0.05, 0) is 53.7 Å². The summed E-state index contributed by atoms with van der Waals surface area (Å²) in [5.41, 5.74) is 1.98. The molecule has 1 aliphatic heterocycles. The standard InChI is InChI=1S/C23H30N8O3/c1-14-11-30-13-17(25-16(3)20(30)24-14)21(32)26-18-7-8-19(28-27-18)29-9-10-31(15(2)12-29)22(33)34-23(4,5)6/h7-8,11,13,15H,9-10,12H2,1-6H3,(H,26,27,32)/t15-/m0/s1. The first-order valence-corrected chi connectivity index (χ1v) is 11.2. The zero-order valence-corrected chi connectivity index (χ0v) is 20.4. The normalized spacial score (nSPS) is 16.6. The van der Waals surface area contributed by atoms with E-state index in [9.17, 15) is 9.59 Å². The fourth-order valence-corrected chi connectivity index (χ4v) is 3.88. The molecule has 1 atom stereocenters. The molecule has 0 spiro atoms. The highest BCUT2D eigenvalue weighted by atomic mass is 16.6. The number of aryl methyl sites for hydroxylation is 2. The molecule has 0 radical (unpaired) electrons. The van der Waals surface area contributed by atoms with E-state index in [0.717, 1.165) is 11.3 Å². The number of carbonyl (C=O) groups is 2. The van der Waals surface area contributed by atoms with Gasteiger partial charge in [0, 0.05) is 38.1 Å². The van der Waals surface area contributed by atoms with E-state index in [2.05, 4.69) is 30.4 Å². The Kier molecular flexibility index (Phi) is 6.11. The van der Waals surface area contributed by atoms with Crippen molar-refractivity contribution < 1.29 is 14.3 Å². The minimum absolute atomic E-state index is 0.0409. The van der Waals surface area contributed by atoms with E-state index in [0.29, 0.717) is 37.0 Å². The highest BCUT2D eigenvalue weighted by Crippen LogP contribution is 2.20. The van der Waals surface area contributed by atoms with Crippen LogP contribution >= 0.6 is 0 Å². The maximum Gasteiger partial charge on any atom is 0.410 e. The highest BCUT2D eigenvalue weighted by molar-refractivity contribution is 6.02. The molecule has 3 aromatic rings. The molecule has 1 saturated heterocycles. The van der Waals surface area contributed by atoms with Gasteiger partial charge >= 0.3 is 6.09 Å². The van der Waals surface area contributed by atoms with Crippen LogP contribution in [-0.4, -0.2) is 72.7 Å². The number of fused-ring (bicyclic) bond motifs is 1. The van der Waals surface area contributed by atoms with E-state index in [1.54, 1.807) is 27.6 Å². The largest absolute Gasteiger partial charge is 0.444 e. The molecule has 11 nitrogen and oxygen atoms in total. The monoisotopic (exact) mass is 466 g/mol. The lowest BCUT2D eigenvalue weighted by molar-refractivity contribution is 0.0158. The van der Waals surface area contributed by atoms with Gasteiger partial charge in [-0.3, -0.25) is 4.79 Å². The van der Waals surface area contributed by atoms with Crippen LogP contribution < -0.4 is 10.2 Å². The van der Waals surface area contributed by atoms with Crippen molar-refractivity contribution in [1.82, 2.24) is 29.5 Å². The van der Waals surface area contributed by atoms with Crippen LogP contribution in [0.5, 0.6) is 0 Å². The third-order valence-electron chi connectivity index (χ3n) is 5.43. The van der Waals surface area contributed by atoms with Crippen LogP contribution in [0.1, 0.15) is 49.6 Å². The van der Waals surface area contributed by atoms with Crippen molar-refractivity contribution >= 4 is 29.3 Å². The molecule has 0 saturated carbocycles. The maximum absolute atomic E-state index is 12.7. The first-order valence-electron chi connectivity index (χ1n) is 11.2. The molecule has 1 fully saturated rings. The number of amides is 2. The number of hydrogen-bond donors (Lipinski definition) is 1. The summed E-state index contributed by atoms with van der Waals surface area (Å²) in [5, 5.41) is 11.2. The molecule has 180 valence electrons. The summed E-state index contributed by atoms with van der Waals surface area (Å²) in [7, 11) is 0. The van der Waals surface area contributed by atoms with Gasteiger partial charge in [0.15, 0.2) is 17.3 Å². The number of imidazole rings is 1. The van der Waals surface area contributed by atoms with Gasteiger partial charge in [0.1, 0.15) is 11.3 Å². The van der Waals surface area contributed by atoms with Crippen molar-refractivity contribution in [3.8, 4) is 0 Å². The molecule has 34 heavy (non-hydrogen) atoms. The molecule has 1 aliphatic rings.